The second kappa shape index (κ2) is 4.27. The molecule has 3 rings (SSSR count). The van der Waals surface area contributed by atoms with Crippen molar-refractivity contribution in [1.82, 2.24) is 4.90 Å². The summed E-state index contributed by atoms with van der Waals surface area (Å²) in [6.45, 7) is 3.85. The molecule has 1 amide bonds. The van der Waals surface area contributed by atoms with Crippen LogP contribution < -0.4 is 5.73 Å². The van der Waals surface area contributed by atoms with E-state index in [-0.39, 0.29) is 0 Å². The predicted molar refractivity (Wildman–Crippen MR) is 67.3 cm³/mol. The molecule has 0 spiro atoms. The van der Waals surface area contributed by atoms with E-state index in [1.165, 1.54) is 19.3 Å². The second-order valence-corrected chi connectivity index (χ2v) is 6.34. The van der Waals surface area contributed by atoms with Crippen molar-refractivity contribution >= 4 is 5.91 Å². The minimum Gasteiger partial charge on any atom is -0.338 e. The van der Waals surface area contributed by atoms with Crippen LogP contribution in [0.1, 0.15) is 39.0 Å². The molecule has 0 aromatic heterocycles. The number of hydrogen-bond acceptors (Lipinski definition) is 2. The van der Waals surface area contributed by atoms with Gasteiger partial charge in [-0.1, -0.05) is 13.3 Å². The Bertz CT molecular complexity index is 307. The fraction of sp³-hybridized carbons (Fsp3) is 0.929. The lowest BCUT2D eigenvalue weighted by Crippen LogP contribution is -2.50. The Labute approximate surface area is 104 Å². The van der Waals surface area contributed by atoms with E-state index in [9.17, 15) is 4.79 Å². The Morgan fingerprint density at radius 1 is 1.29 bits per heavy atom. The standard InChI is InChI=1S/C14H24N2O/c1-9-5-6-16(10(7-9)8-15)14(17)13-11-3-2-4-12(11)13/h9-13H,2-8,15H2,1H3. The molecule has 0 aromatic rings. The van der Waals surface area contributed by atoms with E-state index >= 15 is 0 Å². The molecule has 3 heteroatoms. The molecule has 17 heavy (non-hydrogen) atoms. The lowest BCUT2D eigenvalue weighted by Gasteiger charge is -2.38. The molecule has 4 unspecified atom stereocenters. The first-order valence-corrected chi connectivity index (χ1v) is 7.23. The average Bonchev–Trinajstić information content (AvgIpc) is 2.81. The lowest BCUT2D eigenvalue weighted by molar-refractivity contribution is -0.137. The number of carbonyl (C=O) groups excluding carboxylic acids is 1. The maximum Gasteiger partial charge on any atom is 0.226 e. The van der Waals surface area contributed by atoms with Gasteiger partial charge in [-0.05, 0) is 43.4 Å². The van der Waals surface area contributed by atoms with E-state index in [2.05, 4.69) is 11.8 Å². The van der Waals surface area contributed by atoms with Crippen molar-refractivity contribution in [2.45, 2.75) is 45.1 Å². The number of nitrogens with two attached hydrogens (primary N) is 1. The highest BCUT2D eigenvalue weighted by atomic mass is 16.2. The maximum atomic E-state index is 12.5. The zero-order valence-electron chi connectivity index (χ0n) is 10.8. The third-order valence-corrected chi connectivity index (χ3v) is 5.22. The molecule has 3 fully saturated rings. The fourth-order valence-electron chi connectivity index (χ4n) is 4.14. The summed E-state index contributed by atoms with van der Waals surface area (Å²) >= 11 is 0. The molecular formula is C14H24N2O. The zero-order valence-corrected chi connectivity index (χ0v) is 10.8. The van der Waals surface area contributed by atoms with Crippen LogP contribution in [0.4, 0.5) is 0 Å². The van der Waals surface area contributed by atoms with Crippen LogP contribution in [0.2, 0.25) is 0 Å². The molecule has 4 atom stereocenters. The Morgan fingerprint density at radius 3 is 2.65 bits per heavy atom. The number of hydrogen-bond donors (Lipinski definition) is 1. The summed E-state index contributed by atoms with van der Waals surface area (Å²) in [6, 6.07) is 0.313. The van der Waals surface area contributed by atoms with E-state index in [0.29, 0.717) is 24.4 Å². The average molecular weight is 236 g/mol. The number of fused-ring (bicyclic) bond motifs is 1. The number of nitrogens with zero attached hydrogens (tertiary/aromatic N) is 1. The third-order valence-electron chi connectivity index (χ3n) is 5.22. The maximum absolute atomic E-state index is 12.5. The summed E-state index contributed by atoms with van der Waals surface area (Å²) in [5, 5.41) is 0. The van der Waals surface area contributed by atoms with Gasteiger partial charge in [0.15, 0.2) is 0 Å². The van der Waals surface area contributed by atoms with Crippen LogP contribution >= 0.6 is 0 Å². The number of carbonyl (C=O) groups is 1. The minimum absolute atomic E-state index is 0.313. The number of rotatable bonds is 2. The predicted octanol–water partition coefficient (Wildman–Crippen LogP) is 1.62. The molecule has 2 aliphatic carbocycles. The lowest BCUT2D eigenvalue weighted by atomic mass is 9.91. The van der Waals surface area contributed by atoms with Crippen LogP contribution in [0.25, 0.3) is 0 Å². The van der Waals surface area contributed by atoms with Gasteiger partial charge in [0, 0.05) is 25.0 Å². The minimum atomic E-state index is 0.313. The van der Waals surface area contributed by atoms with Crippen molar-refractivity contribution in [3.8, 4) is 0 Å². The summed E-state index contributed by atoms with van der Waals surface area (Å²) in [6.07, 6.45) is 6.18. The van der Waals surface area contributed by atoms with Crippen LogP contribution in [0.15, 0.2) is 0 Å². The molecule has 2 saturated carbocycles. The summed E-state index contributed by atoms with van der Waals surface area (Å²) in [5.74, 6) is 3.01. The molecule has 96 valence electrons. The Kier molecular flexibility index (Phi) is 2.89. The van der Waals surface area contributed by atoms with Crippen molar-refractivity contribution < 1.29 is 4.79 Å². The third kappa shape index (κ3) is 1.88. The van der Waals surface area contributed by atoms with Crippen LogP contribution in [-0.2, 0) is 4.79 Å². The van der Waals surface area contributed by atoms with Crippen molar-refractivity contribution in [2.75, 3.05) is 13.1 Å². The van der Waals surface area contributed by atoms with Crippen LogP contribution in [0.3, 0.4) is 0 Å². The van der Waals surface area contributed by atoms with Gasteiger partial charge in [-0.3, -0.25) is 4.79 Å². The largest absolute Gasteiger partial charge is 0.338 e. The molecule has 0 radical (unpaired) electrons. The first-order valence-electron chi connectivity index (χ1n) is 7.23. The second-order valence-electron chi connectivity index (χ2n) is 6.34. The Morgan fingerprint density at radius 2 is 2.00 bits per heavy atom. The fourth-order valence-corrected chi connectivity index (χ4v) is 4.14. The summed E-state index contributed by atoms with van der Waals surface area (Å²) in [7, 11) is 0. The Hall–Kier alpha value is -0.570. The van der Waals surface area contributed by atoms with E-state index in [1.807, 2.05) is 0 Å². The van der Waals surface area contributed by atoms with Crippen molar-refractivity contribution in [2.24, 2.45) is 29.4 Å². The molecule has 0 bridgehead atoms. The summed E-state index contributed by atoms with van der Waals surface area (Å²) < 4.78 is 0. The molecule has 1 aliphatic heterocycles. The van der Waals surface area contributed by atoms with Gasteiger partial charge in [-0.15, -0.1) is 0 Å². The van der Waals surface area contributed by atoms with Gasteiger partial charge in [0.25, 0.3) is 0 Å². The van der Waals surface area contributed by atoms with Gasteiger partial charge in [-0.25, -0.2) is 0 Å². The van der Waals surface area contributed by atoms with Gasteiger partial charge < -0.3 is 10.6 Å². The SMILES string of the molecule is CC1CCN(C(=O)C2C3CCCC32)C(CN)C1. The number of likely N-dealkylation sites (tertiary alicyclic amines) is 1. The van der Waals surface area contributed by atoms with Gasteiger partial charge >= 0.3 is 0 Å². The van der Waals surface area contributed by atoms with Crippen molar-refractivity contribution in [3.05, 3.63) is 0 Å². The van der Waals surface area contributed by atoms with E-state index in [1.54, 1.807) is 0 Å². The van der Waals surface area contributed by atoms with Gasteiger partial charge in [0.1, 0.15) is 0 Å². The molecule has 2 N–H and O–H groups in total. The normalized spacial score (nSPS) is 44.6. The number of amides is 1. The molecule has 3 aliphatic rings. The van der Waals surface area contributed by atoms with Crippen molar-refractivity contribution in [1.29, 1.82) is 0 Å². The van der Waals surface area contributed by atoms with Crippen LogP contribution in [0, 0.1) is 23.7 Å². The molecule has 3 nitrogen and oxygen atoms in total. The van der Waals surface area contributed by atoms with Crippen molar-refractivity contribution in [3.63, 3.8) is 0 Å². The van der Waals surface area contributed by atoms with E-state index < -0.39 is 0 Å². The van der Waals surface area contributed by atoms with Gasteiger partial charge in [0.2, 0.25) is 5.91 Å². The number of piperidine rings is 1. The first-order chi connectivity index (χ1) is 8.22. The quantitative estimate of drug-likeness (QED) is 0.792. The zero-order chi connectivity index (χ0) is 12.0. The highest BCUT2D eigenvalue weighted by Gasteiger charge is 2.58. The summed E-state index contributed by atoms with van der Waals surface area (Å²) in [5.41, 5.74) is 5.84. The topological polar surface area (TPSA) is 46.3 Å². The van der Waals surface area contributed by atoms with Crippen LogP contribution in [0.5, 0.6) is 0 Å². The van der Waals surface area contributed by atoms with Gasteiger partial charge in [0.05, 0.1) is 0 Å². The Balaban J connectivity index is 1.65. The summed E-state index contributed by atoms with van der Waals surface area (Å²) in [4.78, 5) is 14.6. The smallest absolute Gasteiger partial charge is 0.226 e. The molecular weight excluding hydrogens is 212 g/mol. The van der Waals surface area contributed by atoms with E-state index in [4.69, 9.17) is 5.73 Å². The van der Waals surface area contributed by atoms with Gasteiger partial charge in [-0.2, -0.15) is 0 Å². The molecule has 1 heterocycles. The highest BCUT2D eigenvalue weighted by molar-refractivity contribution is 5.83. The first kappa shape index (κ1) is 11.5. The highest BCUT2D eigenvalue weighted by Crippen LogP contribution is 2.58. The van der Waals surface area contributed by atoms with Crippen LogP contribution in [-0.4, -0.2) is 29.9 Å². The molecule has 0 aromatic carbocycles. The monoisotopic (exact) mass is 236 g/mol. The van der Waals surface area contributed by atoms with E-state index in [0.717, 1.165) is 37.1 Å². The molecule has 1 saturated heterocycles.